The van der Waals surface area contributed by atoms with E-state index in [2.05, 4.69) is 5.32 Å². The van der Waals surface area contributed by atoms with Gasteiger partial charge in [-0.25, -0.2) is 0 Å². The van der Waals surface area contributed by atoms with Crippen molar-refractivity contribution in [2.45, 2.75) is 12.3 Å². The summed E-state index contributed by atoms with van der Waals surface area (Å²) < 4.78 is 48.7. The van der Waals surface area contributed by atoms with Gasteiger partial charge >= 0.3 is 6.18 Å². The summed E-state index contributed by atoms with van der Waals surface area (Å²) in [5.74, 6) is -0.0419. The number of hydrogen-bond donors (Lipinski definition) is 2. The van der Waals surface area contributed by atoms with Crippen LogP contribution in [0.2, 0.25) is 0 Å². The molecule has 0 saturated heterocycles. The smallest absolute Gasteiger partial charge is 0.416 e. The monoisotopic (exact) mass is 293 g/mol. The van der Waals surface area contributed by atoms with Crippen molar-refractivity contribution in [3.8, 4) is 11.5 Å². The molecule has 1 atom stereocenters. The molecule has 0 spiro atoms. The molecule has 0 radical (unpaired) electrons. The fourth-order valence-corrected chi connectivity index (χ4v) is 1.69. The van der Waals surface area contributed by atoms with Crippen molar-refractivity contribution in [2.75, 3.05) is 20.8 Å². The molecule has 8 heteroatoms. The number of aliphatic hydroxyl groups is 1. The lowest BCUT2D eigenvalue weighted by Gasteiger charge is -2.20. The first-order chi connectivity index (χ1) is 9.35. The molecule has 0 saturated carbocycles. The maximum absolute atomic E-state index is 13.0. The number of hydrogen-bond acceptors (Lipinski definition) is 4. The van der Waals surface area contributed by atoms with Crippen LogP contribution in [0.3, 0.4) is 0 Å². The van der Waals surface area contributed by atoms with Crippen LogP contribution >= 0.6 is 0 Å². The van der Waals surface area contributed by atoms with Crippen molar-refractivity contribution in [1.29, 1.82) is 0 Å². The van der Waals surface area contributed by atoms with E-state index in [1.807, 2.05) is 0 Å². The van der Waals surface area contributed by atoms with Gasteiger partial charge in [0.05, 0.1) is 25.9 Å². The number of rotatable bonds is 6. The van der Waals surface area contributed by atoms with Gasteiger partial charge in [-0.2, -0.15) is 13.2 Å². The van der Waals surface area contributed by atoms with Gasteiger partial charge in [0.1, 0.15) is 0 Å². The molecule has 0 aromatic heterocycles. The van der Waals surface area contributed by atoms with Crippen molar-refractivity contribution in [2.24, 2.45) is 0 Å². The maximum atomic E-state index is 13.0. The first kappa shape index (κ1) is 16.1. The predicted octanol–water partition coefficient (Wildman–Crippen LogP) is 1.50. The number of amides is 1. The van der Waals surface area contributed by atoms with Gasteiger partial charge in [-0.15, -0.1) is 0 Å². The molecule has 1 aromatic carbocycles. The standard InChI is InChI=1S/C12H14F3NO4/c1-19-10-3-7(9(18)5-16-6-17)8(12(13,14)15)4-11(10)20-2/h3-4,6,9,18H,5H2,1-2H3,(H,16,17). The van der Waals surface area contributed by atoms with Gasteiger partial charge in [0.2, 0.25) is 6.41 Å². The minimum Gasteiger partial charge on any atom is -0.493 e. The van der Waals surface area contributed by atoms with Crippen molar-refractivity contribution >= 4 is 6.41 Å². The van der Waals surface area contributed by atoms with Crippen molar-refractivity contribution in [3.63, 3.8) is 0 Å². The number of carbonyl (C=O) groups is 1. The van der Waals surface area contributed by atoms with Crippen LogP contribution in [0, 0.1) is 0 Å². The largest absolute Gasteiger partial charge is 0.493 e. The SMILES string of the molecule is COc1cc(C(O)CNC=O)c(C(F)(F)F)cc1OC. The molecule has 0 fully saturated rings. The van der Waals surface area contributed by atoms with E-state index >= 15 is 0 Å². The highest BCUT2D eigenvalue weighted by atomic mass is 19.4. The molecule has 1 unspecified atom stereocenters. The molecule has 0 aliphatic rings. The summed E-state index contributed by atoms with van der Waals surface area (Å²) in [6.07, 6.45) is -5.90. The van der Waals surface area contributed by atoms with Crippen LogP contribution in [0.15, 0.2) is 12.1 Å². The fraction of sp³-hybridized carbons (Fsp3) is 0.417. The Morgan fingerprint density at radius 3 is 2.30 bits per heavy atom. The Kier molecular flexibility index (Phi) is 5.20. The number of benzene rings is 1. The average molecular weight is 293 g/mol. The quantitative estimate of drug-likeness (QED) is 0.780. The highest BCUT2D eigenvalue weighted by Crippen LogP contribution is 2.41. The lowest BCUT2D eigenvalue weighted by molar-refractivity contribution is -0.139. The normalized spacial score (nSPS) is 12.7. The summed E-state index contributed by atoms with van der Waals surface area (Å²) in [5.41, 5.74) is -1.44. The van der Waals surface area contributed by atoms with Gasteiger partial charge in [0, 0.05) is 6.54 Å². The number of aliphatic hydroxyl groups excluding tert-OH is 1. The summed E-state index contributed by atoms with van der Waals surface area (Å²) in [5, 5.41) is 11.9. The number of alkyl halides is 3. The van der Waals surface area contributed by atoms with E-state index in [-0.39, 0.29) is 24.5 Å². The number of halogens is 3. The molecule has 112 valence electrons. The summed E-state index contributed by atoms with van der Waals surface area (Å²) in [7, 11) is 2.48. The van der Waals surface area contributed by atoms with E-state index in [1.54, 1.807) is 0 Å². The second kappa shape index (κ2) is 6.47. The van der Waals surface area contributed by atoms with E-state index in [0.717, 1.165) is 12.1 Å². The van der Waals surface area contributed by atoms with E-state index in [9.17, 15) is 23.1 Å². The lowest BCUT2D eigenvalue weighted by Crippen LogP contribution is -2.22. The Morgan fingerprint density at radius 1 is 1.30 bits per heavy atom. The zero-order chi connectivity index (χ0) is 15.3. The second-order valence-corrected chi connectivity index (χ2v) is 3.83. The zero-order valence-electron chi connectivity index (χ0n) is 10.8. The van der Waals surface area contributed by atoms with Crippen molar-refractivity contribution in [1.82, 2.24) is 5.32 Å². The van der Waals surface area contributed by atoms with Crippen molar-refractivity contribution < 1.29 is 32.5 Å². The summed E-state index contributed by atoms with van der Waals surface area (Å²) in [4.78, 5) is 10.2. The molecule has 2 N–H and O–H groups in total. The Bertz CT molecular complexity index is 477. The first-order valence-corrected chi connectivity index (χ1v) is 5.53. The van der Waals surface area contributed by atoms with Crippen LogP contribution in [-0.4, -0.2) is 32.3 Å². The highest BCUT2D eigenvalue weighted by molar-refractivity contribution is 5.50. The van der Waals surface area contributed by atoms with Crippen LogP contribution in [0.1, 0.15) is 17.2 Å². The molecule has 5 nitrogen and oxygen atoms in total. The summed E-state index contributed by atoms with van der Waals surface area (Å²) in [6.45, 7) is -0.345. The predicted molar refractivity (Wildman–Crippen MR) is 63.6 cm³/mol. The zero-order valence-corrected chi connectivity index (χ0v) is 10.8. The number of nitrogens with one attached hydrogen (secondary N) is 1. The van der Waals surface area contributed by atoms with Gasteiger partial charge in [0.25, 0.3) is 0 Å². The fourth-order valence-electron chi connectivity index (χ4n) is 1.69. The van der Waals surface area contributed by atoms with Crippen LogP contribution in [-0.2, 0) is 11.0 Å². The molecule has 1 rings (SSSR count). The number of methoxy groups -OCH3 is 2. The minimum atomic E-state index is -4.67. The number of carbonyl (C=O) groups excluding carboxylic acids is 1. The molecule has 0 aliphatic carbocycles. The van der Waals surface area contributed by atoms with E-state index < -0.39 is 23.4 Å². The molecule has 1 amide bonds. The molecular formula is C12H14F3NO4. The summed E-state index contributed by atoms with van der Waals surface area (Å²) >= 11 is 0. The van der Waals surface area contributed by atoms with Gasteiger partial charge in [-0.3, -0.25) is 4.79 Å². The van der Waals surface area contributed by atoms with E-state index in [0.29, 0.717) is 0 Å². The molecule has 0 heterocycles. The van der Waals surface area contributed by atoms with Crippen LogP contribution < -0.4 is 14.8 Å². The molecule has 1 aromatic rings. The maximum Gasteiger partial charge on any atom is 0.416 e. The Morgan fingerprint density at radius 2 is 1.85 bits per heavy atom. The third-order valence-electron chi connectivity index (χ3n) is 2.61. The third-order valence-corrected chi connectivity index (χ3v) is 2.61. The minimum absolute atomic E-state index is 0.0562. The van der Waals surface area contributed by atoms with E-state index in [1.165, 1.54) is 14.2 Å². The van der Waals surface area contributed by atoms with Gasteiger partial charge in [-0.1, -0.05) is 0 Å². The highest BCUT2D eigenvalue weighted by Gasteiger charge is 2.36. The van der Waals surface area contributed by atoms with Crippen molar-refractivity contribution in [3.05, 3.63) is 23.3 Å². The average Bonchev–Trinajstić information content (AvgIpc) is 2.42. The molecule has 0 bridgehead atoms. The molecule has 0 aliphatic heterocycles. The number of ether oxygens (including phenoxy) is 2. The summed E-state index contributed by atoms with van der Waals surface area (Å²) in [6, 6.07) is 1.79. The Labute approximate surface area is 113 Å². The van der Waals surface area contributed by atoms with Gasteiger partial charge in [0.15, 0.2) is 11.5 Å². The third kappa shape index (κ3) is 3.53. The first-order valence-electron chi connectivity index (χ1n) is 5.53. The van der Waals surface area contributed by atoms with Gasteiger partial charge < -0.3 is 19.9 Å². The van der Waals surface area contributed by atoms with E-state index in [4.69, 9.17) is 9.47 Å². The van der Waals surface area contributed by atoms with Crippen LogP contribution in [0.25, 0.3) is 0 Å². The Hall–Kier alpha value is -1.96. The lowest BCUT2D eigenvalue weighted by atomic mass is 10.0. The Balaban J connectivity index is 3.34. The van der Waals surface area contributed by atoms with Crippen LogP contribution in [0.4, 0.5) is 13.2 Å². The van der Waals surface area contributed by atoms with Crippen LogP contribution in [0.5, 0.6) is 11.5 Å². The topological polar surface area (TPSA) is 67.8 Å². The molecule has 20 heavy (non-hydrogen) atoms. The second-order valence-electron chi connectivity index (χ2n) is 3.83. The molecular weight excluding hydrogens is 279 g/mol. The van der Waals surface area contributed by atoms with Gasteiger partial charge in [-0.05, 0) is 17.7 Å².